The number of nitro groups is 3. The Morgan fingerprint density at radius 1 is 0.391 bits per heavy atom. The summed E-state index contributed by atoms with van der Waals surface area (Å²) in [6.07, 6.45) is 0. The summed E-state index contributed by atoms with van der Waals surface area (Å²) in [5.41, 5.74) is 0.627. The van der Waals surface area contributed by atoms with Crippen molar-refractivity contribution in [1.29, 1.82) is 0 Å². The van der Waals surface area contributed by atoms with Crippen LogP contribution in [0.15, 0.2) is 172 Å². The van der Waals surface area contributed by atoms with E-state index in [-0.39, 0.29) is 129 Å². The monoisotopic (exact) mass is 1570 g/mol. The number of rotatable bonds is 17. The molecule has 26 nitrogen and oxygen atoms in total. The quantitative estimate of drug-likeness (QED) is 0.0605. The molecule has 3 aromatic heterocycles. The van der Waals surface area contributed by atoms with Crippen LogP contribution in [0.25, 0.3) is 32.7 Å². The van der Waals surface area contributed by atoms with Crippen molar-refractivity contribution in [2.75, 3.05) is 135 Å². The van der Waals surface area contributed by atoms with Gasteiger partial charge in [-0.25, -0.2) is 13.2 Å². The lowest BCUT2D eigenvalue weighted by atomic mass is 10.1. The first kappa shape index (κ1) is 84.4. The topological polar surface area (TPSA) is 273 Å². The molecular formula is C78H84Cl3F3N14O12. The molecular weight excluding hydrogens is 1490 g/mol. The number of carbonyl (C=O) groups excluding carboxylic acids is 3. The van der Waals surface area contributed by atoms with Crippen molar-refractivity contribution >= 4 is 119 Å². The minimum atomic E-state index is -0.705. The van der Waals surface area contributed by atoms with E-state index in [0.717, 1.165) is 5.56 Å². The summed E-state index contributed by atoms with van der Waals surface area (Å²) in [6, 6.07) is 40.2. The fourth-order valence-electron chi connectivity index (χ4n) is 13.3. The molecule has 0 aliphatic carbocycles. The molecule has 0 radical (unpaired) electrons. The summed E-state index contributed by atoms with van der Waals surface area (Å²) < 4.78 is 43.9. The maximum Gasteiger partial charge on any atom is 0.357 e. The fraction of sp³-hybridized carbons (Fsp3) is 0.308. The van der Waals surface area contributed by atoms with Crippen molar-refractivity contribution in [1.82, 2.24) is 38.2 Å². The van der Waals surface area contributed by atoms with Gasteiger partial charge in [0.05, 0.1) is 37.9 Å². The average molecular weight is 1570 g/mol. The largest absolute Gasteiger partial charge is 0.362 e. The standard InChI is InChI=1S/C27H22ClFN4O4.2C24H25ClFN5O4.3CH4/c28-20-8-11-23-22(16-20)24(25(33(36)37)27(35)32(23)17-18-4-2-1-3-5-18)30-12-14-31(15-13-30)26(34)19-6-9-21(29)10-7-19;2*1-27(2)9-14-30-20-8-5-17(25)15-19(20)21(22(24(30)33)31(34)35)28-10-12-29(13-11-28)23(32)16-3-6-18(26)7-4-16;;;/h1-11,16H,12-15,17H2;2*3-8,15H,9-14H2,1-2H3;3*1H4. The van der Waals surface area contributed by atoms with Gasteiger partial charge in [-0.15, -0.1) is 0 Å². The van der Waals surface area contributed by atoms with Crippen molar-refractivity contribution in [2.45, 2.75) is 41.9 Å². The van der Waals surface area contributed by atoms with E-state index in [1.54, 1.807) is 84.0 Å². The number of hydrogen-bond donors (Lipinski definition) is 0. The second-order valence-electron chi connectivity index (χ2n) is 26.1. The first-order valence-corrected chi connectivity index (χ1v) is 35.0. The SMILES string of the molecule is C.C.C.CN(C)CCn1c(=O)c([N+](=O)[O-])c(N2CCN(C(=O)c3ccc(F)cc3)CC2)c2cc(Cl)ccc21.CN(C)CCn1c(=O)c([N+](=O)[O-])c(N2CCN(C(=O)c3ccc(F)cc3)CC2)c2cc(Cl)ccc21.O=C(c1ccc(F)cc1)N1CCN(c2c([N+](=O)[O-])c(=O)n(Cc3ccccc3)c3ccc(Cl)cc23)CC1. The summed E-state index contributed by atoms with van der Waals surface area (Å²) in [5, 5.41) is 39.2. The Kier molecular flexibility index (Phi) is 28.2. The molecule has 0 saturated carbocycles. The molecule has 0 spiro atoms. The van der Waals surface area contributed by atoms with Gasteiger partial charge < -0.3 is 48.3 Å². The maximum absolute atomic E-state index is 13.5. The van der Waals surface area contributed by atoms with Crippen LogP contribution < -0.4 is 31.4 Å². The molecule has 3 saturated heterocycles. The van der Waals surface area contributed by atoms with Gasteiger partial charge in [0.1, 0.15) is 34.5 Å². The second kappa shape index (κ2) is 36.8. The first-order chi connectivity index (χ1) is 51.2. The van der Waals surface area contributed by atoms with E-state index >= 15 is 0 Å². The van der Waals surface area contributed by atoms with Crippen LogP contribution in [0.3, 0.4) is 0 Å². The molecule has 3 amide bonds. The van der Waals surface area contributed by atoms with Gasteiger partial charge in [0.2, 0.25) is 0 Å². The number of halogens is 6. The number of likely N-dealkylation sites (N-methyl/N-ethyl adjacent to an activating group) is 2. The molecule has 0 atom stereocenters. The van der Waals surface area contributed by atoms with E-state index in [4.69, 9.17) is 34.8 Å². The number of piperazine rings is 3. The third-order valence-corrected chi connectivity index (χ3v) is 19.4. The van der Waals surface area contributed by atoms with Crippen molar-refractivity contribution in [2.24, 2.45) is 0 Å². The Labute approximate surface area is 646 Å². The number of fused-ring (bicyclic) bond motifs is 3. The number of pyridine rings is 3. The highest BCUT2D eigenvalue weighted by atomic mass is 35.5. The Morgan fingerprint density at radius 2 is 0.655 bits per heavy atom. The van der Waals surface area contributed by atoms with Crippen molar-refractivity contribution in [3.8, 4) is 0 Å². The highest BCUT2D eigenvalue weighted by Gasteiger charge is 2.37. The molecule has 0 N–H and O–H groups in total. The van der Waals surface area contributed by atoms with E-state index in [9.17, 15) is 72.3 Å². The average Bonchev–Trinajstić information content (AvgIpc) is 0.757. The molecule has 7 aromatic carbocycles. The third-order valence-electron chi connectivity index (χ3n) is 18.7. The number of benzene rings is 7. The number of carbonyl (C=O) groups is 3. The van der Waals surface area contributed by atoms with E-state index in [1.165, 1.54) is 86.5 Å². The molecule has 32 heteroatoms. The molecule has 110 heavy (non-hydrogen) atoms. The van der Waals surface area contributed by atoms with Crippen molar-refractivity contribution < 1.29 is 42.3 Å². The van der Waals surface area contributed by atoms with E-state index in [0.29, 0.717) is 104 Å². The summed E-state index contributed by atoms with van der Waals surface area (Å²) >= 11 is 18.8. The van der Waals surface area contributed by atoms with Gasteiger partial charge in [0.15, 0.2) is 0 Å². The molecule has 580 valence electrons. The maximum atomic E-state index is 13.5. The summed E-state index contributed by atoms with van der Waals surface area (Å²) in [5.74, 6) is -2.02. The van der Waals surface area contributed by atoms with Gasteiger partial charge in [-0.3, -0.25) is 63.7 Å². The van der Waals surface area contributed by atoms with Gasteiger partial charge in [0, 0.05) is 153 Å². The predicted molar refractivity (Wildman–Crippen MR) is 426 cm³/mol. The Balaban J connectivity index is 0.000000205. The predicted octanol–water partition coefficient (Wildman–Crippen LogP) is 13.1. The molecule has 0 bridgehead atoms. The normalized spacial score (nSPS) is 13.6. The Morgan fingerprint density at radius 3 is 0.918 bits per heavy atom. The summed E-state index contributed by atoms with van der Waals surface area (Å²) in [4.78, 5) is 127. The molecule has 3 aliphatic heterocycles. The number of amides is 3. The molecule has 13 rings (SSSR count). The van der Waals surface area contributed by atoms with Crippen molar-refractivity contribution in [3.05, 3.63) is 274 Å². The second-order valence-corrected chi connectivity index (χ2v) is 27.4. The van der Waals surface area contributed by atoms with E-state index in [1.807, 2.05) is 68.3 Å². The zero-order valence-electron chi connectivity index (χ0n) is 58.5. The smallest absolute Gasteiger partial charge is 0.357 e. The highest BCUT2D eigenvalue weighted by molar-refractivity contribution is 6.32. The number of hydrogen-bond acceptors (Lipinski definition) is 17. The van der Waals surface area contributed by atoms with Gasteiger partial charge in [-0.1, -0.05) is 87.4 Å². The van der Waals surface area contributed by atoms with Gasteiger partial charge in [-0.2, -0.15) is 0 Å². The molecule has 0 unspecified atom stereocenters. The van der Waals surface area contributed by atoms with E-state index in [2.05, 4.69) is 0 Å². The van der Waals surface area contributed by atoms with Gasteiger partial charge in [0.25, 0.3) is 17.7 Å². The van der Waals surface area contributed by atoms with Crippen LogP contribution in [-0.2, 0) is 19.6 Å². The van der Waals surface area contributed by atoms with Crippen LogP contribution in [0.4, 0.5) is 47.3 Å². The summed E-state index contributed by atoms with van der Waals surface area (Å²) in [7, 11) is 7.44. The van der Waals surface area contributed by atoms with Crippen LogP contribution in [0.5, 0.6) is 0 Å². The molecule has 3 fully saturated rings. The lowest BCUT2D eigenvalue weighted by molar-refractivity contribution is -0.385. The third kappa shape index (κ3) is 18.7. The lowest BCUT2D eigenvalue weighted by Gasteiger charge is -2.36. The Hall–Kier alpha value is -11.2. The number of aromatic nitrogens is 3. The highest BCUT2D eigenvalue weighted by Crippen LogP contribution is 2.40. The van der Waals surface area contributed by atoms with Crippen LogP contribution in [0.1, 0.15) is 58.9 Å². The summed E-state index contributed by atoms with van der Waals surface area (Å²) in [6.45, 7) is 5.21. The lowest BCUT2D eigenvalue weighted by Crippen LogP contribution is -2.49. The molecule has 6 heterocycles. The Bertz CT molecular complexity index is 5040. The minimum Gasteiger partial charge on any atom is -0.362 e. The minimum absolute atomic E-state index is 0. The van der Waals surface area contributed by atoms with Gasteiger partial charge >= 0.3 is 33.7 Å². The van der Waals surface area contributed by atoms with Crippen LogP contribution >= 0.6 is 34.8 Å². The zero-order valence-corrected chi connectivity index (χ0v) is 60.7. The fourth-order valence-corrected chi connectivity index (χ4v) is 13.9. The zero-order chi connectivity index (χ0) is 76.7. The van der Waals surface area contributed by atoms with Crippen LogP contribution in [0, 0.1) is 47.8 Å². The van der Waals surface area contributed by atoms with Crippen molar-refractivity contribution in [3.63, 3.8) is 0 Å². The van der Waals surface area contributed by atoms with Crippen LogP contribution in [0.2, 0.25) is 15.1 Å². The molecule has 10 aromatic rings. The first-order valence-electron chi connectivity index (χ1n) is 33.9. The van der Waals surface area contributed by atoms with E-state index < -0.39 is 66.0 Å². The van der Waals surface area contributed by atoms with Crippen LogP contribution in [-0.4, -0.2) is 191 Å². The molecule has 3 aliphatic rings. The number of nitrogens with zero attached hydrogens (tertiary/aromatic N) is 14. The number of anilines is 3. The van der Waals surface area contributed by atoms with Gasteiger partial charge in [-0.05, 0) is 161 Å².